The summed E-state index contributed by atoms with van der Waals surface area (Å²) in [4.78, 5) is 122. The number of nitrogens with one attached hydrogen (secondary N) is 1. The summed E-state index contributed by atoms with van der Waals surface area (Å²) in [5, 5.41) is 50.7. The molecule has 0 saturated carbocycles. The maximum absolute atomic E-state index is 13.6. The van der Waals surface area contributed by atoms with Gasteiger partial charge in [0.25, 0.3) is 0 Å². The number of carboxylic acid groups (broad SMARTS) is 4. The van der Waals surface area contributed by atoms with Crippen LogP contribution < -0.4 is 277 Å². The van der Waals surface area contributed by atoms with Crippen LogP contribution in [-0.4, -0.2) is 74.8 Å². The van der Waals surface area contributed by atoms with Crippen LogP contribution in [0, 0.1) is 29.1 Å². The molecule has 0 fully saturated rings. The molecule has 16 nitrogen and oxygen atoms in total. The van der Waals surface area contributed by atoms with E-state index in [9.17, 15) is 68.4 Å². The second kappa shape index (κ2) is 33.8. The van der Waals surface area contributed by atoms with Gasteiger partial charge in [-0.1, -0.05) is 12.9 Å². The number of rotatable bonds is 18. The third kappa shape index (κ3) is 20.3. The maximum Gasteiger partial charge on any atom is 1.00 e. The molecule has 0 rings (SSSR count). The number of amides is 2. The fraction of sp³-hybridized carbons (Fsp3) is 0.636. The number of Topliss-reactive ketones (excluding diaryl/α,β-unsaturated/α-hetero) is 1. The molecule has 0 aliphatic carbocycles. The summed E-state index contributed by atoms with van der Waals surface area (Å²) in [5.74, 6) is -20.9. The molecule has 0 aliphatic heterocycles. The minimum Gasteiger partial charge on any atom is -0.881 e. The van der Waals surface area contributed by atoms with E-state index in [2.05, 4.69) is 0 Å². The van der Waals surface area contributed by atoms with Crippen LogP contribution in [0.2, 0.25) is 6.04 Å². The van der Waals surface area contributed by atoms with Crippen LogP contribution in [0.25, 0.3) is 0 Å². The monoisotopic (exact) mass is 756 g/mol. The molecule has 3 unspecified atom stereocenters. The predicted octanol–water partition coefficient (Wildman–Crippen LogP) is -33.2. The van der Waals surface area contributed by atoms with E-state index < -0.39 is 98.4 Å². The van der Waals surface area contributed by atoms with Crippen molar-refractivity contribution in [1.82, 2.24) is 10.2 Å². The molecule has 0 aromatic carbocycles. The van der Waals surface area contributed by atoms with Crippen LogP contribution in [0.1, 0.15) is 40.5 Å². The van der Waals surface area contributed by atoms with Crippen LogP contribution in [-0.2, 0) is 33.6 Å². The van der Waals surface area contributed by atoms with Crippen LogP contribution in [0.5, 0.6) is 0 Å². The Balaban J connectivity index is -0.000000258. The van der Waals surface area contributed by atoms with Crippen molar-refractivity contribution in [3.05, 3.63) is 6.42 Å². The zero-order valence-corrected chi connectivity index (χ0v) is 46.6. The van der Waals surface area contributed by atoms with Crippen molar-refractivity contribution in [3.63, 3.8) is 0 Å². The molecule has 222 valence electrons. The fourth-order valence-corrected chi connectivity index (χ4v) is 5.04. The Morgan fingerprint density at radius 1 is 0.745 bits per heavy atom. The molecule has 0 heterocycles. The van der Waals surface area contributed by atoms with E-state index in [-0.39, 0.29) is 256 Å². The summed E-state index contributed by atoms with van der Waals surface area (Å²) in [7, 11) is -5.32. The van der Waals surface area contributed by atoms with E-state index in [1.165, 1.54) is 13.8 Å². The standard InChI is InChI=1S/C22H32N2O14Si.8Na/c1-5-21(19(32)33,18(31)23-9-8-10-39(36,37)38)15(17(29)30)14(16(28)24(6-2)7-3)22(12(4)25,20(34)35)11-13(26)27;;;;;;;;/h11,14-15H,5-10H2,1-4H3,(H,23,31)(H,26,27)(H,29,30)(H,32,33)(H,34,35);;;;;;;;/q-4;8*+1/p-4/t14?,15?,21-,22?;;;;;;;;/m0......../s1. The minimum absolute atomic E-state index is 0. The molecule has 0 radical (unpaired) electrons. The summed E-state index contributed by atoms with van der Waals surface area (Å²) < 4.78 is 0. The van der Waals surface area contributed by atoms with E-state index in [0.29, 0.717) is 6.92 Å². The zero-order valence-electron chi connectivity index (χ0n) is 29.6. The first-order valence-electron chi connectivity index (χ1n) is 11.7. The molecule has 0 saturated heterocycles. The fourth-order valence-electron chi connectivity index (χ4n) is 4.43. The number of carbonyl (C=O) groups excluding carboxylic acids is 7. The summed E-state index contributed by atoms with van der Waals surface area (Å²) in [5.41, 5.74) is -7.05. The largest absolute Gasteiger partial charge is 1.00 e. The number of carboxylic acids is 4. The van der Waals surface area contributed by atoms with Gasteiger partial charge in [0, 0.05) is 43.4 Å². The van der Waals surface area contributed by atoms with Crippen molar-refractivity contribution in [2.75, 3.05) is 19.6 Å². The predicted molar refractivity (Wildman–Crippen MR) is 113 cm³/mol. The van der Waals surface area contributed by atoms with Gasteiger partial charge < -0.3 is 75.4 Å². The zero-order chi connectivity index (χ0) is 30.9. The normalized spacial score (nSPS) is 13.3. The Morgan fingerprint density at radius 2 is 1.17 bits per heavy atom. The topological polar surface area (TPSA) is 296 Å². The summed E-state index contributed by atoms with van der Waals surface area (Å²) >= 11 is 0. The molecule has 47 heavy (non-hydrogen) atoms. The summed E-state index contributed by atoms with van der Waals surface area (Å²) in [6.07, 6.45) is -1.90. The van der Waals surface area contributed by atoms with Gasteiger partial charge in [0.05, 0.1) is 11.4 Å². The Labute approximate surface area is 451 Å². The van der Waals surface area contributed by atoms with Gasteiger partial charge in [-0.25, -0.2) is 0 Å². The van der Waals surface area contributed by atoms with Crippen LogP contribution in [0.3, 0.4) is 0 Å². The Kier molecular flexibility index (Phi) is 52.2. The maximum atomic E-state index is 13.6. The second-order valence-electron chi connectivity index (χ2n) is 8.62. The molecule has 4 atom stereocenters. The minimum atomic E-state index is -5.32. The van der Waals surface area contributed by atoms with Gasteiger partial charge in [-0.3, -0.25) is 18.4 Å². The van der Waals surface area contributed by atoms with E-state index in [1.807, 2.05) is 5.32 Å². The summed E-state index contributed by atoms with van der Waals surface area (Å²) in [6, 6.07) is -0.955. The van der Waals surface area contributed by atoms with Gasteiger partial charge in [-0.15, -0.1) is 6.04 Å². The molecule has 25 heteroatoms. The third-order valence-electron chi connectivity index (χ3n) is 6.49. The van der Waals surface area contributed by atoms with Gasteiger partial charge in [0.2, 0.25) is 11.8 Å². The van der Waals surface area contributed by atoms with Crippen LogP contribution in [0.4, 0.5) is 0 Å². The average Bonchev–Trinajstić information content (AvgIpc) is 2.79. The van der Waals surface area contributed by atoms with Crippen molar-refractivity contribution in [3.8, 4) is 0 Å². The van der Waals surface area contributed by atoms with E-state index in [1.54, 1.807) is 0 Å². The van der Waals surface area contributed by atoms with Gasteiger partial charge in [-0.2, -0.15) is 0 Å². The van der Waals surface area contributed by atoms with Gasteiger partial charge in [0.15, 0.2) is 0 Å². The van der Waals surface area contributed by atoms with Crippen molar-refractivity contribution < 1.29 is 305 Å². The number of nitrogens with zero attached hydrogens (tertiary/aromatic N) is 1. The molecular formula is C22H28N2Na8O14Si. The quantitative estimate of drug-likeness (QED) is 0.0588. The molecular weight excluding hydrogens is 728 g/mol. The number of aliphatic carboxylic acids is 4. The van der Waals surface area contributed by atoms with Crippen molar-refractivity contribution in [2.24, 2.45) is 22.7 Å². The third-order valence-corrected chi connectivity index (χ3v) is 7.45. The van der Waals surface area contributed by atoms with Crippen LogP contribution in [0.15, 0.2) is 0 Å². The first kappa shape index (κ1) is 72.7. The summed E-state index contributed by atoms with van der Waals surface area (Å²) in [6.45, 7) is 2.88. The van der Waals surface area contributed by atoms with Crippen LogP contribution >= 0.6 is 0 Å². The van der Waals surface area contributed by atoms with Crippen molar-refractivity contribution >= 4 is 50.3 Å². The number of carbonyl (C=O) groups is 7. The van der Waals surface area contributed by atoms with Gasteiger partial charge >= 0.3 is 236 Å². The first-order valence-corrected chi connectivity index (χ1v) is 13.6. The number of ketones is 1. The molecule has 0 aromatic heterocycles. The molecule has 0 spiro atoms. The molecule has 2 amide bonds. The molecule has 0 aromatic rings. The Hall–Kier alpha value is 4.46. The Bertz CT molecular complexity index is 991. The smallest absolute Gasteiger partial charge is 0.881 e. The first-order chi connectivity index (χ1) is 17.8. The molecule has 0 bridgehead atoms. The van der Waals surface area contributed by atoms with Crippen molar-refractivity contribution in [1.29, 1.82) is 0 Å². The number of hydrogen-bond acceptors (Lipinski definition) is 14. The van der Waals surface area contributed by atoms with Gasteiger partial charge in [-0.05, 0) is 39.0 Å². The van der Waals surface area contributed by atoms with E-state index in [0.717, 1.165) is 11.8 Å². The SMILES string of the molecule is CCN(CC)C(=O)C(C(C(=O)[O-])[C@](CC)(C(=O)[O-])C(=O)NCCC[Si]([O-])([O-])[O-])C([CH-]C(=O)[O-])(C(C)=O)C(=O)[O-].[Na+].[Na+].[Na+].[Na+].[Na+].[Na+].[Na+].[Na+]. The van der Waals surface area contributed by atoms with Gasteiger partial charge in [0.1, 0.15) is 5.78 Å². The average molecular weight is 756 g/mol. The van der Waals surface area contributed by atoms with E-state index >= 15 is 0 Å². The Morgan fingerprint density at radius 3 is 1.43 bits per heavy atom. The molecule has 0 aliphatic rings. The molecule has 1 N–H and O–H groups in total. The van der Waals surface area contributed by atoms with E-state index in [4.69, 9.17) is 0 Å². The van der Waals surface area contributed by atoms with Crippen molar-refractivity contribution in [2.45, 2.75) is 46.6 Å². The second-order valence-corrected chi connectivity index (χ2v) is 10.5. The number of hydrogen-bond donors (Lipinski definition) is 1.